The van der Waals surface area contributed by atoms with Crippen molar-refractivity contribution in [2.45, 2.75) is 0 Å². The number of H-pyrrole nitrogens is 1. The predicted octanol–water partition coefficient (Wildman–Crippen LogP) is 4.50. The number of benzene rings is 2. The highest BCUT2D eigenvalue weighted by Gasteiger charge is 2.16. The van der Waals surface area contributed by atoms with E-state index in [9.17, 15) is 9.59 Å². The van der Waals surface area contributed by atoms with Gasteiger partial charge in [0.2, 0.25) is 0 Å². The lowest BCUT2D eigenvalue weighted by atomic mass is 10.1. The first-order chi connectivity index (χ1) is 14.1. The first-order valence-electron chi connectivity index (χ1n) is 9.34. The number of carbonyl (C=O) groups excluding carboxylic acids is 1. The van der Waals surface area contributed by atoms with Gasteiger partial charge in [0, 0.05) is 36.0 Å². The molecule has 1 aliphatic rings. The number of aromatic amines is 1. The zero-order chi connectivity index (χ0) is 20.2. The van der Waals surface area contributed by atoms with Crippen LogP contribution in [0.2, 0.25) is 5.02 Å². The van der Waals surface area contributed by atoms with E-state index in [1.807, 2.05) is 54.2 Å². The molecule has 0 atom stereocenters. The Morgan fingerprint density at radius 3 is 2.48 bits per heavy atom. The number of halogens is 1. The lowest BCUT2D eigenvalue weighted by Gasteiger charge is -2.29. The molecule has 7 heteroatoms. The van der Waals surface area contributed by atoms with Gasteiger partial charge in [0.1, 0.15) is 5.56 Å². The molecule has 29 heavy (non-hydrogen) atoms. The van der Waals surface area contributed by atoms with Crippen LogP contribution >= 0.6 is 23.4 Å². The molecule has 3 aromatic rings. The van der Waals surface area contributed by atoms with Crippen molar-refractivity contribution in [1.29, 1.82) is 0 Å². The monoisotopic (exact) mass is 425 g/mol. The second-order valence-electron chi connectivity index (χ2n) is 6.70. The zero-order valence-corrected chi connectivity index (χ0v) is 17.2. The summed E-state index contributed by atoms with van der Waals surface area (Å²) in [5, 5.41) is 3.35. The predicted molar refractivity (Wildman–Crippen MR) is 121 cm³/mol. The molecule has 5 nitrogen and oxygen atoms in total. The number of amides is 1. The van der Waals surface area contributed by atoms with E-state index >= 15 is 0 Å². The van der Waals surface area contributed by atoms with Gasteiger partial charge < -0.3 is 15.2 Å². The van der Waals surface area contributed by atoms with Crippen molar-refractivity contribution in [2.24, 2.45) is 0 Å². The Balaban J connectivity index is 1.50. The van der Waals surface area contributed by atoms with Crippen LogP contribution in [0.25, 0.3) is 11.3 Å². The minimum Gasteiger partial charge on any atom is -0.369 e. The fourth-order valence-electron chi connectivity index (χ4n) is 3.28. The first-order valence-corrected chi connectivity index (χ1v) is 10.9. The van der Waals surface area contributed by atoms with Crippen LogP contribution in [0.4, 0.5) is 11.4 Å². The van der Waals surface area contributed by atoms with Gasteiger partial charge >= 0.3 is 0 Å². The number of thioether (sulfide) groups is 1. The van der Waals surface area contributed by atoms with E-state index in [2.05, 4.69) is 15.2 Å². The van der Waals surface area contributed by atoms with Gasteiger partial charge in [0.25, 0.3) is 11.5 Å². The van der Waals surface area contributed by atoms with Crippen LogP contribution in [0.1, 0.15) is 10.4 Å². The molecule has 0 spiro atoms. The SMILES string of the molecule is O=C(Nc1ccc(N2CCSCC2)c(Cl)c1)c1ccc(-c2ccccc2)[nH]c1=O. The van der Waals surface area contributed by atoms with E-state index in [-0.39, 0.29) is 5.56 Å². The van der Waals surface area contributed by atoms with Gasteiger partial charge in [0.15, 0.2) is 0 Å². The third-order valence-electron chi connectivity index (χ3n) is 4.80. The summed E-state index contributed by atoms with van der Waals surface area (Å²) in [5.41, 5.74) is 2.70. The summed E-state index contributed by atoms with van der Waals surface area (Å²) in [6.45, 7) is 1.92. The second kappa shape index (κ2) is 8.76. The van der Waals surface area contributed by atoms with Crippen molar-refractivity contribution in [1.82, 2.24) is 4.98 Å². The molecular formula is C22H20ClN3O2S. The summed E-state index contributed by atoms with van der Waals surface area (Å²) in [6, 6.07) is 18.2. The average molecular weight is 426 g/mol. The Hall–Kier alpha value is -2.70. The summed E-state index contributed by atoms with van der Waals surface area (Å²) in [4.78, 5) is 30.0. The van der Waals surface area contributed by atoms with E-state index in [4.69, 9.17) is 11.6 Å². The van der Waals surface area contributed by atoms with E-state index < -0.39 is 11.5 Å². The van der Waals surface area contributed by atoms with E-state index in [1.165, 1.54) is 6.07 Å². The smallest absolute Gasteiger partial charge is 0.261 e. The summed E-state index contributed by atoms with van der Waals surface area (Å²) in [7, 11) is 0. The van der Waals surface area contributed by atoms with E-state index in [0.717, 1.165) is 35.8 Å². The van der Waals surface area contributed by atoms with Crippen LogP contribution in [0.3, 0.4) is 0 Å². The van der Waals surface area contributed by atoms with Gasteiger partial charge in [-0.25, -0.2) is 0 Å². The molecule has 0 radical (unpaired) electrons. The van der Waals surface area contributed by atoms with Crippen molar-refractivity contribution in [3.63, 3.8) is 0 Å². The molecule has 0 unspecified atom stereocenters. The molecule has 0 bridgehead atoms. The molecule has 1 saturated heterocycles. The third kappa shape index (κ3) is 4.49. The second-order valence-corrected chi connectivity index (χ2v) is 8.33. The Labute approximate surface area is 178 Å². The molecule has 1 fully saturated rings. The van der Waals surface area contributed by atoms with Gasteiger partial charge in [-0.3, -0.25) is 9.59 Å². The normalized spacial score (nSPS) is 13.9. The van der Waals surface area contributed by atoms with Crippen molar-refractivity contribution < 1.29 is 4.79 Å². The molecular weight excluding hydrogens is 406 g/mol. The van der Waals surface area contributed by atoms with Crippen LogP contribution in [-0.4, -0.2) is 35.5 Å². The Morgan fingerprint density at radius 2 is 1.79 bits per heavy atom. The molecule has 148 valence electrons. The van der Waals surface area contributed by atoms with Gasteiger partial charge in [-0.05, 0) is 35.9 Å². The van der Waals surface area contributed by atoms with Crippen LogP contribution in [0.15, 0.2) is 65.5 Å². The third-order valence-corrected chi connectivity index (χ3v) is 6.04. The number of pyridine rings is 1. The zero-order valence-electron chi connectivity index (χ0n) is 15.7. The number of carbonyl (C=O) groups is 1. The Kier molecular flexibility index (Phi) is 5.92. The van der Waals surface area contributed by atoms with Crippen LogP contribution in [0, 0.1) is 0 Å². The van der Waals surface area contributed by atoms with Gasteiger partial charge in [-0.2, -0.15) is 11.8 Å². The number of hydrogen-bond donors (Lipinski definition) is 2. The largest absolute Gasteiger partial charge is 0.369 e. The minimum atomic E-state index is -0.468. The highest BCUT2D eigenvalue weighted by atomic mass is 35.5. The highest BCUT2D eigenvalue weighted by Crippen LogP contribution is 2.30. The molecule has 0 aliphatic carbocycles. The molecule has 1 aromatic heterocycles. The van der Waals surface area contributed by atoms with Gasteiger partial charge in [-0.1, -0.05) is 41.9 Å². The lowest BCUT2D eigenvalue weighted by Crippen LogP contribution is -2.32. The summed E-state index contributed by atoms with van der Waals surface area (Å²) in [6.07, 6.45) is 0. The Bertz CT molecular complexity index is 1080. The van der Waals surface area contributed by atoms with Crippen LogP contribution in [0.5, 0.6) is 0 Å². The molecule has 1 amide bonds. The first kappa shape index (κ1) is 19.6. The number of hydrogen-bond acceptors (Lipinski definition) is 4. The maximum Gasteiger partial charge on any atom is 0.261 e. The number of nitrogens with zero attached hydrogens (tertiary/aromatic N) is 1. The number of nitrogens with one attached hydrogen (secondary N) is 2. The summed E-state index contributed by atoms with van der Waals surface area (Å²) in [5.74, 6) is 1.69. The maximum atomic E-state index is 12.6. The van der Waals surface area contributed by atoms with E-state index in [0.29, 0.717) is 16.4 Å². The summed E-state index contributed by atoms with van der Waals surface area (Å²) >= 11 is 8.38. The average Bonchev–Trinajstić information content (AvgIpc) is 2.75. The molecule has 2 aromatic carbocycles. The van der Waals surface area contributed by atoms with Crippen molar-refractivity contribution in [3.8, 4) is 11.3 Å². The molecule has 2 heterocycles. The minimum absolute atomic E-state index is 0.0536. The van der Waals surface area contributed by atoms with Crippen LogP contribution < -0.4 is 15.8 Å². The van der Waals surface area contributed by atoms with E-state index in [1.54, 1.807) is 12.1 Å². The quantitative estimate of drug-likeness (QED) is 0.645. The van der Waals surface area contributed by atoms with Crippen molar-refractivity contribution >= 4 is 40.6 Å². The fourth-order valence-corrected chi connectivity index (χ4v) is 4.49. The van der Waals surface area contributed by atoms with Gasteiger partial charge in [0.05, 0.1) is 10.7 Å². The standard InChI is InChI=1S/C22H20ClN3O2S/c23-18-14-16(6-9-20(18)26-10-12-29-13-11-26)24-21(27)17-7-8-19(25-22(17)28)15-4-2-1-3-5-15/h1-9,14H,10-13H2,(H,24,27)(H,25,28). The molecule has 4 rings (SSSR count). The van der Waals surface area contributed by atoms with Gasteiger partial charge in [-0.15, -0.1) is 0 Å². The van der Waals surface area contributed by atoms with Crippen LogP contribution in [-0.2, 0) is 0 Å². The maximum absolute atomic E-state index is 12.6. The number of rotatable bonds is 4. The number of aromatic nitrogens is 1. The lowest BCUT2D eigenvalue weighted by molar-refractivity contribution is 0.102. The fraction of sp³-hybridized carbons (Fsp3) is 0.182. The molecule has 0 saturated carbocycles. The van der Waals surface area contributed by atoms with Crippen molar-refractivity contribution in [2.75, 3.05) is 34.8 Å². The highest BCUT2D eigenvalue weighted by molar-refractivity contribution is 7.99. The Morgan fingerprint density at radius 1 is 1.03 bits per heavy atom. The molecule has 1 aliphatic heterocycles. The summed E-state index contributed by atoms with van der Waals surface area (Å²) < 4.78 is 0. The number of anilines is 2. The van der Waals surface area contributed by atoms with Crippen molar-refractivity contribution in [3.05, 3.63) is 81.6 Å². The molecule has 2 N–H and O–H groups in total. The topological polar surface area (TPSA) is 65.2 Å².